The maximum absolute atomic E-state index is 2.62. The van der Waals surface area contributed by atoms with Gasteiger partial charge in [-0.05, 0) is 66.9 Å². The molecule has 0 aliphatic carbocycles. The van der Waals surface area contributed by atoms with Gasteiger partial charge in [0.2, 0.25) is 0 Å². The van der Waals surface area contributed by atoms with Crippen LogP contribution in [-0.2, 0) is 0 Å². The van der Waals surface area contributed by atoms with Crippen molar-refractivity contribution in [1.82, 2.24) is 0 Å². The molecule has 2 aliphatic heterocycles. The molecule has 0 amide bonds. The van der Waals surface area contributed by atoms with Crippen LogP contribution in [0.1, 0.15) is 23.6 Å². The fourth-order valence-corrected chi connectivity index (χ4v) is 8.25. The van der Waals surface area contributed by atoms with Crippen LogP contribution in [0, 0.1) is 20.8 Å². The van der Waals surface area contributed by atoms with E-state index in [0.29, 0.717) is 0 Å². The number of anilines is 4. The van der Waals surface area contributed by atoms with E-state index < -0.39 is 8.07 Å². The van der Waals surface area contributed by atoms with Gasteiger partial charge in [0.05, 0.1) is 11.4 Å². The van der Waals surface area contributed by atoms with E-state index in [0.717, 1.165) is 0 Å². The van der Waals surface area contributed by atoms with Gasteiger partial charge in [-0.1, -0.05) is 55.6 Å². The number of hydrogen-bond acceptors (Lipinski definition) is 2. The van der Waals surface area contributed by atoms with Crippen LogP contribution >= 0.6 is 0 Å². The zero-order chi connectivity index (χ0) is 19.8. The predicted molar refractivity (Wildman–Crippen MR) is 124 cm³/mol. The molecule has 3 aromatic rings. The zero-order valence-electron chi connectivity index (χ0n) is 17.7. The van der Waals surface area contributed by atoms with E-state index in [1.165, 1.54) is 39.4 Å². The van der Waals surface area contributed by atoms with Crippen molar-refractivity contribution >= 4 is 41.2 Å². The molecule has 0 N–H and O–H groups in total. The Kier molecular flexibility index (Phi) is 3.60. The Hall–Kier alpha value is -2.52. The molecule has 0 saturated heterocycles. The Balaban J connectivity index is 1.85. The molecule has 5 rings (SSSR count). The highest BCUT2D eigenvalue weighted by Gasteiger charge is 2.47. The van der Waals surface area contributed by atoms with Gasteiger partial charge in [0.25, 0.3) is 0 Å². The van der Waals surface area contributed by atoms with Crippen molar-refractivity contribution < 1.29 is 0 Å². The highest BCUT2D eigenvalue weighted by atomic mass is 28.3. The number of nitrogens with zero attached hydrogens (tertiary/aromatic N) is 2. The van der Waals surface area contributed by atoms with Gasteiger partial charge in [-0.25, -0.2) is 0 Å². The van der Waals surface area contributed by atoms with Crippen molar-refractivity contribution in [2.24, 2.45) is 0 Å². The molecule has 0 saturated carbocycles. The molecule has 0 unspecified atom stereocenters. The molecule has 28 heavy (non-hydrogen) atoms. The van der Waals surface area contributed by atoms with E-state index in [2.05, 4.69) is 105 Å². The van der Waals surface area contributed by atoms with Crippen molar-refractivity contribution in [3.63, 3.8) is 0 Å². The summed E-state index contributed by atoms with van der Waals surface area (Å²) in [6.45, 7) is 14.1. The van der Waals surface area contributed by atoms with Gasteiger partial charge in [0.15, 0.2) is 0 Å². The van der Waals surface area contributed by atoms with Gasteiger partial charge in [-0.3, -0.25) is 0 Å². The number of aryl methyl sites for hydroxylation is 2. The van der Waals surface area contributed by atoms with E-state index in [1.54, 1.807) is 10.4 Å². The van der Waals surface area contributed by atoms with Crippen LogP contribution in [0.15, 0.2) is 54.6 Å². The highest BCUT2D eigenvalue weighted by molar-refractivity contribution is 7.03. The molecule has 142 valence electrons. The Morgan fingerprint density at radius 2 is 1.36 bits per heavy atom. The predicted octanol–water partition coefficient (Wildman–Crippen LogP) is 5.38. The Morgan fingerprint density at radius 1 is 0.679 bits per heavy atom. The lowest BCUT2D eigenvalue weighted by molar-refractivity contribution is 0.758. The second kappa shape index (κ2) is 5.74. The number of fused-ring (bicyclic) bond motifs is 2. The van der Waals surface area contributed by atoms with E-state index in [-0.39, 0.29) is 6.17 Å². The van der Waals surface area contributed by atoms with E-state index in [1.807, 2.05) is 0 Å². The molecule has 1 atom stereocenters. The summed E-state index contributed by atoms with van der Waals surface area (Å²) in [6, 6.07) is 20.4. The first-order chi connectivity index (χ1) is 13.3. The average molecular weight is 385 g/mol. The summed E-state index contributed by atoms with van der Waals surface area (Å²) in [5, 5.41) is 3.13. The van der Waals surface area contributed by atoms with Crippen molar-refractivity contribution in [2.75, 3.05) is 9.80 Å². The van der Waals surface area contributed by atoms with Gasteiger partial charge >= 0.3 is 0 Å². The largest absolute Gasteiger partial charge is 0.318 e. The fraction of sp³-hybridized carbons (Fsp3) is 0.280. The number of hydrogen-bond donors (Lipinski definition) is 0. The van der Waals surface area contributed by atoms with Crippen LogP contribution in [0.4, 0.5) is 22.7 Å². The van der Waals surface area contributed by atoms with Crippen molar-refractivity contribution in [3.8, 4) is 0 Å². The molecule has 3 aromatic carbocycles. The highest BCUT2D eigenvalue weighted by Crippen LogP contribution is 2.50. The Labute approximate surface area is 169 Å². The number of para-hydroxylation sites is 2. The second-order valence-corrected chi connectivity index (χ2v) is 13.2. The molecule has 2 aliphatic rings. The molecule has 0 bridgehead atoms. The van der Waals surface area contributed by atoms with Crippen LogP contribution in [-0.4, -0.2) is 14.2 Å². The van der Waals surface area contributed by atoms with Gasteiger partial charge in [0, 0.05) is 11.4 Å². The third-order valence-corrected chi connectivity index (χ3v) is 10.4. The molecule has 2 nitrogen and oxygen atoms in total. The molecular formula is C25H28N2Si. The summed E-state index contributed by atoms with van der Waals surface area (Å²) >= 11 is 0. The summed E-state index contributed by atoms with van der Waals surface area (Å²) in [6.07, 6.45) is 0.251. The standard InChI is InChI=1S/C25H28N2Si/c1-16-14-15-23-24(18(16)3)27-19(4)26(20-11-8-7-10-17(20)2)21-12-9-13-22(25(21)27)28(23,5)6/h7-15,19H,1-6H3/t19-/m1/s1. The minimum absolute atomic E-state index is 0.251. The SMILES string of the molecule is Cc1ccccc1N1c2cccc3c2N(c2c(ccc(C)c2C)[Si]3(C)C)[C@@H]1C. The van der Waals surface area contributed by atoms with E-state index in [4.69, 9.17) is 0 Å². The maximum Gasteiger partial charge on any atom is 0.117 e. The summed E-state index contributed by atoms with van der Waals surface area (Å²) in [7, 11) is -1.76. The van der Waals surface area contributed by atoms with Gasteiger partial charge in [0.1, 0.15) is 14.2 Å². The van der Waals surface area contributed by atoms with Crippen LogP contribution in [0.3, 0.4) is 0 Å². The van der Waals surface area contributed by atoms with Crippen molar-refractivity contribution in [1.29, 1.82) is 0 Å². The smallest absolute Gasteiger partial charge is 0.117 e. The Bertz CT molecular complexity index is 1120. The molecular weight excluding hydrogens is 356 g/mol. The van der Waals surface area contributed by atoms with Crippen LogP contribution in [0.25, 0.3) is 0 Å². The number of rotatable bonds is 1. The first kappa shape index (κ1) is 17.6. The first-order valence-corrected chi connectivity index (χ1v) is 13.2. The topological polar surface area (TPSA) is 6.48 Å². The third kappa shape index (κ3) is 2.08. The lowest BCUT2D eigenvalue weighted by Crippen LogP contribution is -2.59. The van der Waals surface area contributed by atoms with E-state index in [9.17, 15) is 0 Å². The quantitative estimate of drug-likeness (QED) is 0.520. The Morgan fingerprint density at radius 3 is 2.11 bits per heavy atom. The summed E-state index contributed by atoms with van der Waals surface area (Å²) in [4.78, 5) is 5.16. The van der Waals surface area contributed by atoms with Crippen LogP contribution < -0.4 is 20.2 Å². The maximum atomic E-state index is 2.62. The molecule has 3 heteroatoms. The molecule has 0 aromatic heterocycles. The number of benzene rings is 3. The lowest BCUT2D eigenvalue weighted by atomic mass is 10.1. The molecule has 0 fully saturated rings. The third-order valence-electron chi connectivity index (χ3n) is 6.93. The molecule has 0 spiro atoms. The summed E-state index contributed by atoms with van der Waals surface area (Å²) in [5.41, 5.74) is 9.69. The van der Waals surface area contributed by atoms with Gasteiger partial charge in [-0.2, -0.15) is 0 Å². The normalized spacial score (nSPS) is 18.9. The summed E-state index contributed by atoms with van der Waals surface area (Å²) in [5.74, 6) is 0. The van der Waals surface area contributed by atoms with Crippen LogP contribution in [0.5, 0.6) is 0 Å². The zero-order valence-corrected chi connectivity index (χ0v) is 18.7. The van der Waals surface area contributed by atoms with Crippen molar-refractivity contribution in [2.45, 2.75) is 47.0 Å². The minimum Gasteiger partial charge on any atom is -0.318 e. The first-order valence-electron chi connectivity index (χ1n) is 10.2. The average Bonchev–Trinajstić information content (AvgIpc) is 2.95. The molecule has 0 radical (unpaired) electrons. The lowest BCUT2D eigenvalue weighted by Gasteiger charge is -2.41. The molecule has 2 heterocycles. The van der Waals surface area contributed by atoms with Crippen molar-refractivity contribution in [3.05, 3.63) is 71.3 Å². The van der Waals surface area contributed by atoms with Gasteiger partial charge in [-0.15, -0.1) is 0 Å². The van der Waals surface area contributed by atoms with Gasteiger partial charge < -0.3 is 9.80 Å². The van der Waals surface area contributed by atoms with Crippen LogP contribution in [0.2, 0.25) is 13.1 Å². The van der Waals surface area contributed by atoms with E-state index >= 15 is 0 Å². The monoisotopic (exact) mass is 384 g/mol. The fourth-order valence-electron chi connectivity index (χ4n) is 5.21. The summed E-state index contributed by atoms with van der Waals surface area (Å²) < 4.78 is 0. The minimum atomic E-state index is -1.76. The second-order valence-electron chi connectivity index (χ2n) is 8.86.